The van der Waals surface area contributed by atoms with E-state index in [2.05, 4.69) is 27.3 Å². The van der Waals surface area contributed by atoms with Gasteiger partial charge >= 0.3 is 0 Å². The van der Waals surface area contributed by atoms with Crippen molar-refractivity contribution in [2.75, 3.05) is 19.6 Å². The molecule has 1 aliphatic rings. The third kappa shape index (κ3) is 2.44. The van der Waals surface area contributed by atoms with Crippen LogP contribution in [-0.2, 0) is 4.79 Å². The van der Waals surface area contributed by atoms with Gasteiger partial charge in [0.1, 0.15) is 0 Å². The Hall–Kier alpha value is -0.870. The lowest BCUT2D eigenvalue weighted by Crippen LogP contribution is -2.47. The highest BCUT2D eigenvalue weighted by Gasteiger charge is 2.23. The van der Waals surface area contributed by atoms with Crippen LogP contribution in [0, 0.1) is 0 Å². The highest BCUT2D eigenvalue weighted by molar-refractivity contribution is 9.10. The molecule has 4 heteroatoms. The highest BCUT2D eigenvalue weighted by atomic mass is 79.9. The zero-order valence-electron chi connectivity index (χ0n) is 9.24. The second-order valence-corrected chi connectivity index (χ2v) is 4.85. The number of carbonyl (C=O) groups is 1. The van der Waals surface area contributed by atoms with Crippen LogP contribution in [0.5, 0.6) is 0 Å². The smallest absolute Gasteiger partial charge is 0.219 e. The number of nitrogens with zero attached hydrogens (tertiary/aromatic N) is 1. The predicted octanol–water partition coefficient (Wildman–Crippen LogP) is 1.94. The fourth-order valence-corrected chi connectivity index (χ4v) is 2.56. The summed E-state index contributed by atoms with van der Waals surface area (Å²) in [5, 5.41) is 3.44. The Morgan fingerprint density at radius 2 is 2.25 bits per heavy atom. The number of nitrogens with one attached hydrogen (secondary N) is 1. The number of piperazine rings is 1. The second-order valence-electron chi connectivity index (χ2n) is 3.99. The first-order chi connectivity index (χ1) is 7.68. The molecule has 0 spiro atoms. The third-order valence-corrected chi connectivity index (χ3v) is 3.62. The lowest BCUT2D eigenvalue weighted by atomic mass is 10.0. The molecule has 1 amide bonds. The molecular formula is C12H15BrN2O. The molecule has 1 aromatic rings. The average molecular weight is 283 g/mol. The summed E-state index contributed by atoms with van der Waals surface area (Å²) in [4.78, 5) is 13.2. The molecule has 1 N–H and O–H groups in total. The van der Waals surface area contributed by atoms with Crippen molar-refractivity contribution in [3.05, 3.63) is 34.3 Å². The van der Waals surface area contributed by atoms with Gasteiger partial charge in [0.2, 0.25) is 5.91 Å². The molecule has 0 aliphatic carbocycles. The average Bonchev–Trinajstić information content (AvgIpc) is 2.30. The topological polar surface area (TPSA) is 32.3 Å². The van der Waals surface area contributed by atoms with Crippen molar-refractivity contribution < 1.29 is 4.79 Å². The van der Waals surface area contributed by atoms with Crippen molar-refractivity contribution in [2.45, 2.75) is 13.0 Å². The van der Waals surface area contributed by atoms with Crippen LogP contribution in [0.3, 0.4) is 0 Å². The van der Waals surface area contributed by atoms with Crippen molar-refractivity contribution in [2.24, 2.45) is 0 Å². The Bertz CT molecular complexity index is 394. The fourth-order valence-electron chi connectivity index (χ4n) is 2.00. The third-order valence-electron chi connectivity index (χ3n) is 2.90. The Morgan fingerprint density at radius 3 is 2.94 bits per heavy atom. The van der Waals surface area contributed by atoms with Crippen LogP contribution in [-0.4, -0.2) is 30.4 Å². The molecular weight excluding hydrogens is 268 g/mol. The maximum atomic E-state index is 11.3. The monoisotopic (exact) mass is 282 g/mol. The van der Waals surface area contributed by atoms with Gasteiger partial charge in [-0.05, 0) is 11.6 Å². The van der Waals surface area contributed by atoms with Gasteiger partial charge in [0, 0.05) is 31.0 Å². The number of benzene rings is 1. The second kappa shape index (κ2) is 4.97. The Kier molecular flexibility index (Phi) is 3.61. The summed E-state index contributed by atoms with van der Waals surface area (Å²) in [5.74, 6) is 0.151. The lowest BCUT2D eigenvalue weighted by molar-refractivity contribution is -0.130. The normalized spacial score (nSPS) is 20.9. The van der Waals surface area contributed by atoms with Gasteiger partial charge in [0.05, 0.1) is 6.04 Å². The molecule has 1 saturated heterocycles. The van der Waals surface area contributed by atoms with E-state index in [1.165, 1.54) is 5.56 Å². The van der Waals surface area contributed by atoms with Gasteiger partial charge < -0.3 is 10.2 Å². The van der Waals surface area contributed by atoms with Gasteiger partial charge in [-0.3, -0.25) is 4.79 Å². The molecule has 0 radical (unpaired) electrons. The molecule has 0 saturated carbocycles. The maximum absolute atomic E-state index is 11.3. The SMILES string of the molecule is CC(=O)N1CCNC(c2ccccc2Br)C1. The van der Waals surface area contributed by atoms with Crippen molar-refractivity contribution >= 4 is 21.8 Å². The molecule has 86 valence electrons. The first kappa shape index (κ1) is 11.6. The van der Waals surface area contributed by atoms with Gasteiger partial charge in [-0.15, -0.1) is 0 Å². The fraction of sp³-hybridized carbons (Fsp3) is 0.417. The number of hydrogen-bond acceptors (Lipinski definition) is 2. The van der Waals surface area contributed by atoms with Crippen LogP contribution < -0.4 is 5.32 Å². The van der Waals surface area contributed by atoms with Crippen LogP contribution >= 0.6 is 15.9 Å². The Morgan fingerprint density at radius 1 is 1.50 bits per heavy atom. The minimum absolute atomic E-state index is 0.151. The van der Waals surface area contributed by atoms with Crippen molar-refractivity contribution in [3.8, 4) is 0 Å². The van der Waals surface area contributed by atoms with E-state index in [-0.39, 0.29) is 11.9 Å². The molecule has 0 bridgehead atoms. The summed E-state index contributed by atoms with van der Waals surface area (Å²) in [6.45, 7) is 4.03. The minimum Gasteiger partial charge on any atom is -0.340 e. The Labute approximate surface area is 104 Å². The number of halogens is 1. The van der Waals surface area contributed by atoms with Gasteiger partial charge in [0.25, 0.3) is 0 Å². The number of rotatable bonds is 1. The van der Waals surface area contributed by atoms with Crippen molar-refractivity contribution in [3.63, 3.8) is 0 Å². The van der Waals surface area contributed by atoms with E-state index >= 15 is 0 Å². The number of amides is 1. The highest BCUT2D eigenvalue weighted by Crippen LogP contribution is 2.25. The maximum Gasteiger partial charge on any atom is 0.219 e. The largest absolute Gasteiger partial charge is 0.340 e. The molecule has 1 aliphatic heterocycles. The number of hydrogen-bond donors (Lipinski definition) is 1. The van der Waals surface area contributed by atoms with Gasteiger partial charge in [-0.1, -0.05) is 34.1 Å². The molecule has 2 rings (SSSR count). The molecule has 16 heavy (non-hydrogen) atoms. The van der Waals surface area contributed by atoms with Crippen molar-refractivity contribution in [1.29, 1.82) is 0 Å². The molecule has 0 aromatic heterocycles. The zero-order chi connectivity index (χ0) is 11.5. The summed E-state index contributed by atoms with van der Waals surface area (Å²) in [6, 6.07) is 8.37. The minimum atomic E-state index is 0.151. The van der Waals surface area contributed by atoms with Gasteiger partial charge in [-0.2, -0.15) is 0 Å². The quantitative estimate of drug-likeness (QED) is 0.854. The first-order valence-corrected chi connectivity index (χ1v) is 6.21. The molecule has 1 heterocycles. The summed E-state index contributed by atoms with van der Waals surface area (Å²) in [6.07, 6.45) is 0. The van der Waals surface area contributed by atoms with E-state index in [4.69, 9.17) is 0 Å². The van der Waals surface area contributed by atoms with E-state index in [0.29, 0.717) is 0 Å². The van der Waals surface area contributed by atoms with Crippen LogP contribution in [0.25, 0.3) is 0 Å². The molecule has 3 nitrogen and oxygen atoms in total. The lowest BCUT2D eigenvalue weighted by Gasteiger charge is -2.33. The van der Waals surface area contributed by atoms with Gasteiger partial charge in [0.15, 0.2) is 0 Å². The first-order valence-electron chi connectivity index (χ1n) is 5.42. The molecule has 1 unspecified atom stereocenters. The summed E-state index contributed by atoms with van der Waals surface area (Å²) in [5.41, 5.74) is 1.22. The van der Waals surface area contributed by atoms with Gasteiger partial charge in [-0.25, -0.2) is 0 Å². The zero-order valence-corrected chi connectivity index (χ0v) is 10.8. The van der Waals surface area contributed by atoms with E-state index < -0.39 is 0 Å². The molecule has 1 aromatic carbocycles. The van der Waals surface area contributed by atoms with E-state index in [0.717, 1.165) is 24.1 Å². The van der Waals surface area contributed by atoms with E-state index in [1.54, 1.807) is 6.92 Å². The van der Waals surface area contributed by atoms with Crippen LogP contribution in [0.15, 0.2) is 28.7 Å². The van der Waals surface area contributed by atoms with E-state index in [1.807, 2.05) is 23.1 Å². The predicted molar refractivity (Wildman–Crippen MR) is 67.1 cm³/mol. The number of carbonyl (C=O) groups excluding carboxylic acids is 1. The Balaban J connectivity index is 2.16. The summed E-state index contributed by atoms with van der Waals surface area (Å²) < 4.78 is 1.10. The summed E-state index contributed by atoms with van der Waals surface area (Å²) >= 11 is 3.55. The van der Waals surface area contributed by atoms with E-state index in [9.17, 15) is 4.79 Å². The molecule has 1 fully saturated rings. The standard InChI is InChI=1S/C12H15BrN2O/c1-9(16)15-7-6-14-12(8-15)10-4-2-3-5-11(10)13/h2-5,12,14H,6-8H2,1H3. The van der Waals surface area contributed by atoms with Crippen LogP contribution in [0.4, 0.5) is 0 Å². The molecule has 1 atom stereocenters. The summed E-state index contributed by atoms with van der Waals surface area (Å²) in [7, 11) is 0. The van der Waals surface area contributed by atoms with Crippen LogP contribution in [0.2, 0.25) is 0 Å². The van der Waals surface area contributed by atoms with Crippen LogP contribution in [0.1, 0.15) is 18.5 Å². The van der Waals surface area contributed by atoms with Crippen molar-refractivity contribution in [1.82, 2.24) is 10.2 Å².